The molecule has 0 spiro atoms. The third-order valence-corrected chi connectivity index (χ3v) is 2.98. The van der Waals surface area contributed by atoms with Crippen molar-refractivity contribution in [2.45, 2.75) is 31.7 Å². The average Bonchev–Trinajstić information content (AvgIpc) is 2.56. The van der Waals surface area contributed by atoms with Crippen LogP contribution in [-0.4, -0.2) is 29.3 Å². The number of nitrogens with one attached hydrogen (secondary N) is 1. The summed E-state index contributed by atoms with van der Waals surface area (Å²) < 4.78 is 4.79. The van der Waals surface area contributed by atoms with Gasteiger partial charge in [-0.1, -0.05) is 19.1 Å². The zero-order valence-electron chi connectivity index (χ0n) is 9.36. The molecule has 2 atom stereocenters. The highest BCUT2D eigenvalue weighted by Gasteiger charge is 2.44. The van der Waals surface area contributed by atoms with Gasteiger partial charge in [0.25, 0.3) is 0 Å². The Kier molecular flexibility index (Phi) is 3.93. The van der Waals surface area contributed by atoms with Crippen LogP contribution < -0.4 is 5.32 Å². The number of carboxylic acid groups (broad SMARTS) is 1. The standard InChI is InChI=1S/C11H17NO4/c1-3-7-16-10(15)12-11(2)6-4-5-8(11)9(13)14/h3,8H,1,4-7H2,2H3,(H,12,15)(H,13,14)/t8-,11-/m0/s1. The van der Waals surface area contributed by atoms with E-state index in [4.69, 9.17) is 9.84 Å². The number of carbonyl (C=O) groups excluding carboxylic acids is 1. The van der Waals surface area contributed by atoms with Crippen molar-refractivity contribution >= 4 is 12.1 Å². The molecule has 0 aliphatic heterocycles. The molecular weight excluding hydrogens is 210 g/mol. The molecule has 0 heterocycles. The Morgan fingerprint density at radius 2 is 2.38 bits per heavy atom. The molecule has 90 valence electrons. The summed E-state index contributed by atoms with van der Waals surface area (Å²) >= 11 is 0. The van der Waals surface area contributed by atoms with Gasteiger partial charge >= 0.3 is 12.1 Å². The molecule has 1 amide bonds. The first kappa shape index (κ1) is 12.5. The highest BCUT2D eigenvalue weighted by molar-refractivity contribution is 5.75. The first-order chi connectivity index (χ1) is 7.49. The van der Waals surface area contributed by atoms with Gasteiger partial charge in [-0.05, 0) is 19.8 Å². The maximum Gasteiger partial charge on any atom is 0.407 e. The Hall–Kier alpha value is -1.52. The number of carboxylic acids is 1. The Labute approximate surface area is 94.5 Å². The van der Waals surface area contributed by atoms with Gasteiger partial charge in [0.15, 0.2) is 0 Å². The molecule has 0 radical (unpaired) electrons. The molecule has 1 saturated carbocycles. The van der Waals surface area contributed by atoms with Gasteiger partial charge in [0, 0.05) is 0 Å². The first-order valence-corrected chi connectivity index (χ1v) is 5.28. The number of carbonyl (C=O) groups is 2. The van der Waals surface area contributed by atoms with Gasteiger partial charge < -0.3 is 15.2 Å². The van der Waals surface area contributed by atoms with E-state index in [1.807, 2.05) is 0 Å². The van der Waals surface area contributed by atoms with Gasteiger partial charge in [-0.3, -0.25) is 4.79 Å². The summed E-state index contributed by atoms with van der Waals surface area (Å²) in [4.78, 5) is 22.4. The van der Waals surface area contributed by atoms with Crippen molar-refractivity contribution in [1.82, 2.24) is 5.32 Å². The summed E-state index contributed by atoms with van der Waals surface area (Å²) in [6.45, 7) is 5.29. The van der Waals surface area contributed by atoms with E-state index in [-0.39, 0.29) is 6.61 Å². The minimum absolute atomic E-state index is 0.125. The number of hydrogen-bond acceptors (Lipinski definition) is 3. The van der Waals surface area contributed by atoms with Gasteiger partial charge in [-0.2, -0.15) is 0 Å². The number of alkyl carbamates (subject to hydrolysis) is 1. The van der Waals surface area contributed by atoms with E-state index in [9.17, 15) is 9.59 Å². The molecular formula is C11H17NO4. The third-order valence-electron chi connectivity index (χ3n) is 2.98. The van der Waals surface area contributed by atoms with Crippen LogP contribution >= 0.6 is 0 Å². The van der Waals surface area contributed by atoms with Crippen molar-refractivity contribution < 1.29 is 19.4 Å². The van der Waals surface area contributed by atoms with Crippen LogP contribution in [0.15, 0.2) is 12.7 Å². The summed E-state index contributed by atoms with van der Waals surface area (Å²) in [6, 6.07) is 0. The van der Waals surface area contributed by atoms with E-state index in [2.05, 4.69) is 11.9 Å². The van der Waals surface area contributed by atoms with Crippen LogP contribution in [0.25, 0.3) is 0 Å². The van der Waals surface area contributed by atoms with Crippen LogP contribution in [-0.2, 0) is 9.53 Å². The van der Waals surface area contributed by atoms with Crippen LogP contribution in [0.3, 0.4) is 0 Å². The first-order valence-electron chi connectivity index (χ1n) is 5.28. The molecule has 0 aromatic rings. The Bertz CT molecular complexity index is 302. The van der Waals surface area contributed by atoms with E-state index < -0.39 is 23.5 Å². The summed E-state index contributed by atoms with van der Waals surface area (Å²) in [7, 11) is 0. The highest BCUT2D eigenvalue weighted by atomic mass is 16.5. The summed E-state index contributed by atoms with van der Waals surface area (Å²) in [5, 5.41) is 11.7. The van der Waals surface area contributed by atoms with Crippen LogP contribution in [0.4, 0.5) is 4.79 Å². The normalized spacial score (nSPS) is 28.4. The lowest BCUT2D eigenvalue weighted by Crippen LogP contribution is -2.51. The number of hydrogen-bond donors (Lipinski definition) is 2. The van der Waals surface area contributed by atoms with Crippen molar-refractivity contribution in [3.8, 4) is 0 Å². The lowest BCUT2D eigenvalue weighted by molar-refractivity contribution is -0.143. The summed E-state index contributed by atoms with van der Waals surface area (Å²) in [6.07, 6.45) is 2.93. The van der Waals surface area contributed by atoms with E-state index in [1.54, 1.807) is 6.92 Å². The zero-order valence-corrected chi connectivity index (χ0v) is 9.36. The fourth-order valence-corrected chi connectivity index (χ4v) is 2.12. The van der Waals surface area contributed by atoms with E-state index >= 15 is 0 Å². The van der Waals surface area contributed by atoms with E-state index in [1.165, 1.54) is 6.08 Å². The molecule has 0 aromatic heterocycles. The molecule has 16 heavy (non-hydrogen) atoms. The average molecular weight is 227 g/mol. The summed E-state index contributed by atoms with van der Waals surface area (Å²) in [5.74, 6) is -1.41. The Morgan fingerprint density at radius 1 is 1.69 bits per heavy atom. The Balaban J connectivity index is 2.59. The second-order valence-electron chi connectivity index (χ2n) is 4.21. The van der Waals surface area contributed by atoms with Crippen LogP contribution in [0.5, 0.6) is 0 Å². The van der Waals surface area contributed by atoms with Gasteiger partial charge in [0.1, 0.15) is 6.61 Å². The third kappa shape index (κ3) is 2.74. The number of amides is 1. The van der Waals surface area contributed by atoms with E-state index in [0.29, 0.717) is 12.8 Å². The van der Waals surface area contributed by atoms with Crippen LogP contribution in [0, 0.1) is 5.92 Å². The second-order valence-corrected chi connectivity index (χ2v) is 4.21. The number of aliphatic carboxylic acids is 1. The van der Waals surface area contributed by atoms with Gasteiger partial charge in [0.2, 0.25) is 0 Å². The Morgan fingerprint density at radius 3 is 2.94 bits per heavy atom. The SMILES string of the molecule is C=CCOC(=O)N[C@@]1(C)CCC[C@H]1C(=O)O. The highest BCUT2D eigenvalue weighted by Crippen LogP contribution is 2.35. The molecule has 2 N–H and O–H groups in total. The molecule has 1 aliphatic rings. The number of ether oxygens (including phenoxy) is 1. The molecule has 1 rings (SSSR count). The predicted octanol–water partition coefficient (Wildman–Crippen LogP) is 1.54. The second kappa shape index (κ2) is 5.01. The maximum atomic E-state index is 11.4. The van der Waals surface area contributed by atoms with Crippen molar-refractivity contribution in [1.29, 1.82) is 0 Å². The fourth-order valence-electron chi connectivity index (χ4n) is 2.12. The lowest BCUT2D eigenvalue weighted by atomic mass is 9.89. The van der Waals surface area contributed by atoms with Gasteiger partial charge in [-0.15, -0.1) is 0 Å². The summed E-state index contributed by atoms with van der Waals surface area (Å²) in [5.41, 5.74) is -0.704. The monoisotopic (exact) mass is 227 g/mol. The molecule has 0 saturated heterocycles. The van der Waals surface area contributed by atoms with Crippen molar-refractivity contribution in [2.24, 2.45) is 5.92 Å². The van der Waals surface area contributed by atoms with Crippen molar-refractivity contribution in [2.75, 3.05) is 6.61 Å². The lowest BCUT2D eigenvalue weighted by Gasteiger charge is -2.29. The van der Waals surface area contributed by atoms with Crippen molar-refractivity contribution in [3.63, 3.8) is 0 Å². The predicted molar refractivity (Wildman–Crippen MR) is 58.1 cm³/mol. The quantitative estimate of drug-likeness (QED) is 0.714. The molecule has 0 unspecified atom stereocenters. The smallest absolute Gasteiger partial charge is 0.407 e. The minimum atomic E-state index is -0.871. The molecule has 1 fully saturated rings. The fraction of sp³-hybridized carbons (Fsp3) is 0.636. The van der Waals surface area contributed by atoms with E-state index in [0.717, 1.165) is 6.42 Å². The van der Waals surface area contributed by atoms with Crippen molar-refractivity contribution in [3.05, 3.63) is 12.7 Å². The minimum Gasteiger partial charge on any atom is -0.481 e. The van der Waals surface area contributed by atoms with Crippen LogP contribution in [0.2, 0.25) is 0 Å². The zero-order chi connectivity index (χ0) is 12.2. The molecule has 5 nitrogen and oxygen atoms in total. The van der Waals surface area contributed by atoms with Gasteiger partial charge in [-0.25, -0.2) is 4.79 Å². The molecule has 0 aromatic carbocycles. The number of rotatable bonds is 4. The molecule has 1 aliphatic carbocycles. The molecule has 5 heteroatoms. The van der Waals surface area contributed by atoms with Gasteiger partial charge in [0.05, 0.1) is 11.5 Å². The van der Waals surface area contributed by atoms with Crippen LogP contribution in [0.1, 0.15) is 26.2 Å². The topological polar surface area (TPSA) is 75.6 Å². The molecule has 0 bridgehead atoms. The maximum absolute atomic E-state index is 11.4. The largest absolute Gasteiger partial charge is 0.481 e.